The Kier molecular flexibility index (Phi) is 5.47. The van der Waals surface area contributed by atoms with Crippen LogP contribution >= 0.6 is 0 Å². The Hall–Kier alpha value is -2.11. The Morgan fingerprint density at radius 1 is 1.47 bits per heavy atom. The zero-order valence-corrected chi connectivity index (χ0v) is 8.54. The lowest BCUT2D eigenvalue weighted by Gasteiger charge is -1.98. The molecule has 82 valence electrons. The summed E-state index contributed by atoms with van der Waals surface area (Å²) >= 11 is 0. The minimum atomic E-state index is -0.590. The summed E-state index contributed by atoms with van der Waals surface area (Å²) in [5.74, 6) is -0.271. The maximum Gasteiger partial charge on any atom is 0.280 e. The molecule has 6 nitrogen and oxygen atoms in total. The van der Waals surface area contributed by atoms with E-state index in [1.807, 2.05) is 13.8 Å². The molecule has 0 fully saturated rings. The number of hydrogen-bond acceptors (Lipinski definition) is 4. The Morgan fingerprint density at radius 2 is 2.00 bits per heavy atom. The van der Waals surface area contributed by atoms with Gasteiger partial charge in [0.2, 0.25) is 0 Å². The first-order valence-corrected chi connectivity index (χ1v) is 4.38. The number of nitro benzene ring substituents is 1. The molecule has 15 heavy (non-hydrogen) atoms. The Bertz CT molecular complexity index is 363. The van der Waals surface area contributed by atoms with Crippen LogP contribution < -0.4 is 5.73 Å². The molecule has 3 N–H and O–H groups in total. The van der Waals surface area contributed by atoms with Crippen molar-refractivity contribution >= 4 is 11.5 Å². The van der Waals surface area contributed by atoms with Crippen LogP contribution in [-0.2, 0) is 0 Å². The van der Waals surface area contributed by atoms with E-state index in [0.29, 0.717) is 0 Å². The molecule has 0 aromatic heterocycles. The zero-order valence-electron chi connectivity index (χ0n) is 8.54. The van der Waals surface area contributed by atoms with E-state index in [1.165, 1.54) is 18.2 Å². The molecule has 0 atom stereocenters. The average Bonchev–Trinajstić information content (AvgIpc) is 2.30. The molecule has 0 amide bonds. The van der Waals surface area contributed by atoms with Crippen molar-refractivity contribution in [1.29, 1.82) is 0 Å². The van der Waals surface area contributed by atoms with Gasteiger partial charge in [-0.2, -0.15) is 0 Å². The highest BCUT2D eigenvalue weighted by atomic mass is 16.6. The van der Waals surface area contributed by atoms with Gasteiger partial charge in [-0.15, -0.1) is 0 Å². The van der Waals surface area contributed by atoms with Crippen LogP contribution in [0.15, 0.2) is 29.4 Å². The number of benzene rings is 1. The van der Waals surface area contributed by atoms with Crippen LogP contribution in [0.1, 0.15) is 19.4 Å². The maximum atomic E-state index is 10.5. The van der Waals surface area contributed by atoms with Crippen LogP contribution in [-0.4, -0.2) is 16.0 Å². The maximum absolute atomic E-state index is 10.5. The molecule has 1 aromatic carbocycles. The number of nitrogens with zero attached hydrogens (tertiary/aromatic N) is 2. The molecule has 0 aliphatic rings. The van der Waals surface area contributed by atoms with Gasteiger partial charge >= 0.3 is 0 Å². The van der Waals surface area contributed by atoms with Crippen LogP contribution in [0.5, 0.6) is 0 Å². The van der Waals surface area contributed by atoms with Crippen molar-refractivity contribution in [3.05, 3.63) is 39.9 Å². The largest absolute Gasteiger partial charge is 0.409 e. The first-order chi connectivity index (χ1) is 7.16. The fourth-order valence-electron chi connectivity index (χ4n) is 0.903. The van der Waals surface area contributed by atoms with Gasteiger partial charge in [-0.1, -0.05) is 31.1 Å². The second-order valence-corrected chi connectivity index (χ2v) is 2.26. The quantitative estimate of drug-likeness (QED) is 0.255. The minimum absolute atomic E-state index is 0.106. The molecule has 0 unspecified atom stereocenters. The Balaban J connectivity index is 0.000000921. The summed E-state index contributed by atoms with van der Waals surface area (Å²) < 4.78 is 0. The number of nitrogens with two attached hydrogens (primary N) is 1. The summed E-state index contributed by atoms with van der Waals surface area (Å²) in [4.78, 5) is 9.87. The molecule has 0 bridgehead atoms. The predicted octanol–water partition coefficient (Wildman–Crippen LogP) is 1.72. The molecule has 0 heterocycles. The van der Waals surface area contributed by atoms with Gasteiger partial charge < -0.3 is 10.9 Å². The predicted molar refractivity (Wildman–Crippen MR) is 57.0 cm³/mol. The van der Waals surface area contributed by atoms with Gasteiger partial charge in [0.25, 0.3) is 5.69 Å². The van der Waals surface area contributed by atoms with Crippen LogP contribution in [0, 0.1) is 10.1 Å². The second-order valence-electron chi connectivity index (χ2n) is 2.26. The zero-order chi connectivity index (χ0) is 11.8. The van der Waals surface area contributed by atoms with Crippen molar-refractivity contribution in [3.63, 3.8) is 0 Å². The van der Waals surface area contributed by atoms with E-state index >= 15 is 0 Å². The lowest BCUT2D eigenvalue weighted by molar-refractivity contribution is -0.385. The van der Waals surface area contributed by atoms with E-state index in [0.717, 1.165) is 0 Å². The summed E-state index contributed by atoms with van der Waals surface area (Å²) in [7, 11) is 0. The number of nitro groups is 1. The topological polar surface area (TPSA) is 102 Å². The highest BCUT2D eigenvalue weighted by Crippen LogP contribution is 2.16. The smallest absolute Gasteiger partial charge is 0.280 e. The lowest BCUT2D eigenvalue weighted by atomic mass is 10.1. The molecular formula is C9H13N3O3. The van der Waals surface area contributed by atoms with E-state index in [4.69, 9.17) is 10.9 Å². The number of oxime groups is 1. The molecule has 0 radical (unpaired) electrons. The molecule has 6 heteroatoms. The van der Waals surface area contributed by atoms with Gasteiger partial charge in [0.05, 0.1) is 10.5 Å². The van der Waals surface area contributed by atoms with Crippen molar-refractivity contribution in [2.75, 3.05) is 0 Å². The van der Waals surface area contributed by atoms with E-state index in [1.54, 1.807) is 6.07 Å². The molecule has 0 aliphatic heterocycles. The average molecular weight is 211 g/mol. The van der Waals surface area contributed by atoms with Crippen LogP contribution in [0.3, 0.4) is 0 Å². The fourth-order valence-corrected chi connectivity index (χ4v) is 0.903. The lowest BCUT2D eigenvalue weighted by Crippen LogP contribution is -2.14. The first kappa shape index (κ1) is 12.9. The standard InChI is InChI=1S/C7H7N3O3.C2H6/c8-7(9-11)5-3-1-2-4-6(5)10(12)13;1-2/h1-4,11H,(H2,8,9);1-2H3. The van der Waals surface area contributed by atoms with Crippen molar-refractivity contribution in [3.8, 4) is 0 Å². The van der Waals surface area contributed by atoms with Gasteiger partial charge in [0.15, 0.2) is 5.84 Å². The van der Waals surface area contributed by atoms with Crippen LogP contribution in [0.4, 0.5) is 5.69 Å². The summed E-state index contributed by atoms with van der Waals surface area (Å²) in [6, 6.07) is 5.77. The van der Waals surface area contributed by atoms with E-state index < -0.39 is 4.92 Å². The molecule has 0 aliphatic carbocycles. The van der Waals surface area contributed by atoms with Crippen molar-refractivity contribution in [1.82, 2.24) is 0 Å². The second kappa shape index (κ2) is 6.36. The van der Waals surface area contributed by atoms with Gasteiger partial charge in [0.1, 0.15) is 0 Å². The highest BCUT2D eigenvalue weighted by Gasteiger charge is 2.15. The third-order valence-electron chi connectivity index (χ3n) is 1.48. The Morgan fingerprint density at radius 3 is 2.47 bits per heavy atom. The van der Waals surface area contributed by atoms with E-state index in [-0.39, 0.29) is 17.1 Å². The van der Waals surface area contributed by atoms with Gasteiger partial charge in [-0.05, 0) is 6.07 Å². The van der Waals surface area contributed by atoms with Crippen LogP contribution in [0.2, 0.25) is 0 Å². The van der Waals surface area contributed by atoms with E-state index in [2.05, 4.69) is 5.16 Å². The van der Waals surface area contributed by atoms with Gasteiger partial charge in [-0.25, -0.2) is 0 Å². The minimum Gasteiger partial charge on any atom is -0.409 e. The number of para-hydroxylation sites is 1. The number of rotatable bonds is 2. The SMILES string of the molecule is CC.NC(=NO)c1ccccc1[N+](=O)[O-]. The summed E-state index contributed by atoms with van der Waals surface area (Å²) in [5, 5.41) is 21.5. The summed E-state index contributed by atoms with van der Waals surface area (Å²) in [6.07, 6.45) is 0. The van der Waals surface area contributed by atoms with Gasteiger partial charge in [-0.3, -0.25) is 10.1 Å². The monoisotopic (exact) mass is 211 g/mol. The molecule has 0 spiro atoms. The molecule has 1 aromatic rings. The normalized spacial score (nSPS) is 10.1. The Labute approximate surface area is 87.2 Å². The molecule has 0 saturated heterocycles. The fraction of sp³-hybridized carbons (Fsp3) is 0.222. The van der Waals surface area contributed by atoms with Crippen LogP contribution in [0.25, 0.3) is 0 Å². The van der Waals surface area contributed by atoms with Gasteiger partial charge in [0, 0.05) is 6.07 Å². The van der Waals surface area contributed by atoms with E-state index in [9.17, 15) is 10.1 Å². The summed E-state index contributed by atoms with van der Waals surface area (Å²) in [6.45, 7) is 4.00. The highest BCUT2D eigenvalue weighted by molar-refractivity contribution is 6.00. The van der Waals surface area contributed by atoms with Crippen molar-refractivity contribution < 1.29 is 10.1 Å². The third kappa shape index (κ3) is 3.26. The number of amidine groups is 1. The third-order valence-corrected chi connectivity index (χ3v) is 1.48. The molecule has 1 rings (SSSR count). The molecular weight excluding hydrogens is 198 g/mol. The summed E-state index contributed by atoms with van der Waals surface area (Å²) in [5.41, 5.74) is 5.15. The first-order valence-electron chi connectivity index (χ1n) is 4.38. The molecule has 0 saturated carbocycles. The van der Waals surface area contributed by atoms with Crippen molar-refractivity contribution in [2.45, 2.75) is 13.8 Å². The van der Waals surface area contributed by atoms with Crippen molar-refractivity contribution in [2.24, 2.45) is 10.9 Å². The number of hydrogen-bond donors (Lipinski definition) is 2.